The van der Waals surface area contributed by atoms with Crippen LogP contribution in [0.4, 0.5) is 4.39 Å². The number of rotatable bonds is 2. The Labute approximate surface area is 120 Å². The Kier molecular flexibility index (Phi) is 4.16. The first-order chi connectivity index (χ1) is 8.49. The lowest BCUT2D eigenvalue weighted by Crippen LogP contribution is -1.98. The third-order valence-corrected chi connectivity index (χ3v) is 3.71. The summed E-state index contributed by atoms with van der Waals surface area (Å²) in [4.78, 5) is 0. The van der Waals surface area contributed by atoms with Gasteiger partial charge in [-0.2, -0.15) is 0 Å². The van der Waals surface area contributed by atoms with Crippen molar-refractivity contribution in [2.24, 2.45) is 0 Å². The molecule has 18 heavy (non-hydrogen) atoms. The van der Waals surface area contributed by atoms with Gasteiger partial charge in [0.2, 0.25) is 0 Å². The third-order valence-electron chi connectivity index (χ3n) is 2.66. The van der Waals surface area contributed by atoms with Gasteiger partial charge in [-0.3, -0.25) is 0 Å². The Morgan fingerprint density at radius 3 is 2.39 bits per heavy atom. The molecule has 0 radical (unpaired) electrons. The van der Waals surface area contributed by atoms with Crippen LogP contribution in [-0.2, 0) is 0 Å². The Morgan fingerprint density at radius 1 is 1.00 bits per heavy atom. The summed E-state index contributed by atoms with van der Waals surface area (Å²) in [6.45, 7) is 1.82. The summed E-state index contributed by atoms with van der Waals surface area (Å²) < 4.78 is 13.9. The van der Waals surface area contributed by atoms with Crippen LogP contribution in [-0.4, -0.2) is 0 Å². The van der Waals surface area contributed by atoms with Crippen LogP contribution in [0.3, 0.4) is 0 Å². The van der Waals surface area contributed by atoms with Gasteiger partial charge in [-0.15, -0.1) is 11.6 Å². The normalized spacial score (nSPS) is 12.5. The van der Waals surface area contributed by atoms with Crippen LogP contribution in [0.1, 0.15) is 22.1 Å². The summed E-state index contributed by atoms with van der Waals surface area (Å²) in [5, 5.41) is 0.337. The second-order valence-corrected chi connectivity index (χ2v) is 5.33. The lowest BCUT2D eigenvalue weighted by Gasteiger charge is -2.13. The van der Waals surface area contributed by atoms with Crippen molar-refractivity contribution in [3.63, 3.8) is 0 Å². The van der Waals surface area contributed by atoms with E-state index in [1.165, 1.54) is 6.07 Å². The molecule has 0 fully saturated rings. The van der Waals surface area contributed by atoms with E-state index in [4.69, 9.17) is 34.8 Å². The Bertz CT molecular complexity index is 581. The summed E-state index contributed by atoms with van der Waals surface area (Å²) in [6.07, 6.45) is 0. The van der Waals surface area contributed by atoms with E-state index in [1.54, 1.807) is 24.3 Å². The van der Waals surface area contributed by atoms with Gasteiger partial charge in [-0.05, 0) is 42.3 Å². The van der Waals surface area contributed by atoms with Crippen LogP contribution in [0.25, 0.3) is 0 Å². The van der Waals surface area contributed by atoms with Crippen molar-refractivity contribution < 1.29 is 4.39 Å². The zero-order chi connectivity index (χ0) is 13.3. The molecule has 0 aliphatic rings. The molecule has 0 amide bonds. The highest BCUT2D eigenvalue weighted by atomic mass is 35.5. The SMILES string of the molecule is Cc1ccc(C(Cl)c2cc(Cl)ccc2Cl)c(F)c1. The predicted octanol–water partition coefficient (Wildman–Crippen LogP) is 5.77. The summed E-state index contributed by atoms with van der Waals surface area (Å²) in [5.74, 6) is -0.342. The van der Waals surface area contributed by atoms with Gasteiger partial charge < -0.3 is 0 Å². The van der Waals surface area contributed by atoms with E-state index in [0.29, 0.717) is 21.2 Å². The molecule has 0 saturated carbocycles. The Hall–Kier alpha value is -0.760. The molecule has 0 aromatic heterocycles. The van der Waals surface area contributed by atoms with E-state index in [-0.39, 0.29) is 5.82 Å². The van der Waals surface area contributed by atoms with Crippen LogP contribution >= 0.6 is 34.8 Å². The lowest BCUT2D eigenvalue weighted by atomic mass is 10.0. The highest BCUT2D eigenvalue weighted by Gasteiger charge is 2.18. The van der Waals surface area contributed by atoms with E-state index >= 15 is 0 Å². The van der Waals surface area contributed by atoms with Crippen LogP contribution in [0, 0.1) is 12.7 Å². The molecule has 0 nitrogen and oxygen atoms in total. The van der Waals surface area contributed by atoms with Gasteiger partial charge in [0.05, 0.1) is 5.38 Å². The first kappa shape index (κ1) is 13.7. The molecule has 0 spiro atoms. The van der Waals surface area contributed by atoms with Crippen molar-refractivity contribution >= 4 is 34.8 Å². The molecule has 4 heteroatoms. The molecule has 2 rings (SSSR count). The van der Waals surface area contributed by atoms with Crippen LogP contribution in [0.5, 0.6) is 0 Å². The number of alkyl halides is 1. The topological polar surface area (TPSA) is 0 Å². The first-order valence-corrected chi connectivity index (χ1v) is 6.53. The largest absolute Gasteiger partial charge is 0.207 e. The van der Waals surface area contributed by atoms with Gasteiger partial charge in [0.15, 0.2) is 0 Å². The zero-order valence-electron chi connectivity index (χ0n) is 9.55. The molecule has 1 atom stereocenters. The van der Waals surface area contributed by atoms with Crippen LogP contribution in [0.15, 0.2) is 36.4 Å². The highest BCUT2D eigenvalue weighted by molar-refractivity contribution is 6.35. The van der Waals surface area contributed by atoms with Crippen LogP contribution in [0.2, 0.25) is 10.0 Å². The zero-order valence-corrected chi connectivity index (χ0v) is 11.8. The summed E-state index contributed by atoms with van der Waals surface area (Å²) >= 11 is 18.2. The fraction of sp³-hybridized carbons (Fsp3) is 0.143. The maximum atomic E-state index is 13.9. The minimum absolute atomic E-state index is 0.342. The van der Waals surface area contributed by atoms with Gasteiger partial charge in [-0.25, -0.2) is 4.39 Å². The molecular formula is C14H10Cl3F. The molecule has 2 aromatic rings. The third kappa shape index (κ3) is 2.80. The van der Waals surface area contributed by atoms with Crippen molar-refractivity contribution in [2.75, 3.05) is 0 Å². The van der Waals surface area contributed by atoms with Gasteiger partial charge in [0, 0.05) is 15.6 Å². The minimum Gasteiger partial charge on any atom is -0.207 e. The standard InChI is InChI=1S/C14H10Cl3F/c1-8-2-4-10(13(18)6-8)14(17)11-7-9(15)3-5-12(11)16/h2-7,14H,1H3. The number of benzene rings is 2. The molecule has 0 aliphatic heterocycles. The fourth-order valence-electron chi connectivity index (χ4n) is 1.71. The van der Waals surface area contributed by atoms with E-state index in [2.05, 4.69) is 0 Å². The Balaban J connectivity index is 2.47. The molecule has 2 aromatic carbocycles. The van der Waals surface area contributed by atoms with Crippen molar-refractivity contribution in [1.82, 2.24) is 0 Å². The maximum absolute atomic E-state index is 13.9. The molecule has 0 bridgehead atoms. The summed E-state index contributed by atoms with van der Waals surface area (Å²) in [6, 6.07) is 9.90. The van der Waals surface area contributed by atoms with E-state index in [9.17, 15) is 4.39 Å². The number of hydrogen-bond donors (Lipinski definition) is 0. The van der Waals surface area contributed by atoms with Crippen molar-refractivity contribution in [3.8, 4) is 0 Å². The molecule has 0 N–H and O–H groups in total. The molecule has 1 unspecified atom stereocenters. The second-order valence-electron chi connectivity index (χ2n) is 4.05. The molecule has 0 heterocycles. The number of hydrogen-bond acceptors (Lipinski definition) is 0. The molecule has 0 saturated heterocycles. The predicted molar refractivity (Wildman–Crippen MR) is 75.3 cm³/mol. The van der Waals surface area contributed by atoms with Crippen molar-refractivity contribution in [1.29, 1.82) is 0 Å². The van der Waals surface area contributed by atoms with E-state index in [0.717, 1.165) is 5.56 Å². The highest BCUT2D eigenvalue weighted by Crippen LogP contribution is 2.36. The average Bonchev–Trinajstić information content (AvgIpc) is 2.31. The van der Waals surface area contributed by atoms with E-state index < -0.39 is 5.38 Å². The quantitative estimate of drug-likeness (QED) is 0.618. The Morgan fingerprint density at radius 2 is 1.72 bits per heavy atom. The smallest absolute Gasteiger partial charge is 0.128 e. The monoisotopic (exact) mass is 302 g/mol. The number of aryl methyl sites for hydroxylation is 1. The lowest BCUT2D eigenvalue weighted by molar-refractivity contribution is 0.611. The maximum Gasteiger partial charge on any atom is 0.128 e. The summed E-state index contributed by atoms with van der Waals surface area (Å²) in [7, 11) is 0. The first-order valence-electron chi connectivity index (χ1n) is 5.34. The van der Waals surface area contributed by atoms with Crippen LogP contribution < -0.4 is 0 Å². The number of halogens is 4. The molecule has 0 aliphatic carbocycles. The van der Waals surface area contributed by atoms with Gasteiger partial charge in [-0.1, -0.05) is 35.3 Å². The average molecular weight is 304 g/mol. The van der Waals surface area contributed by atoms with Crippen molar-refractivity contribution in [3.05, 3.63) is 69.0 Å². The van der Waals surface area contributed by atoms with Crippen molar-refractivity contribution in [2.45, 2.75) is 12.3 Å². The minimum atomic E-state index is -0.656. The second kappa shape index (κ2) is 5.48. The van der Waals surface area contributed by atoms with Gasteiger partial charge in [0.25, 0.3) is 0 Å². The molecule has 94 valence electrons. The van der Waals surface area contributed by atoms with Gasteiger partial charge in [0.1, 0.15) is 5.82 Å². The molecular weight excluding hydrogens is 294 g/mol. The van der Waals surface area contributed by atoms with Gasteiger partial charge >= 0.3 is 0 Å². The van der Waals surface area contributed by atoms with E-state index in [1.807, 2.05) is 13.0 Å². The summed E-state index contributed by atoms with van der Waals surface area (Å²) in [5.41, 5.74) is 1.84. The fourth-order valence-corrected chi connectivity index (χ4v) is 2.53.